The number of hydrogen-bond donors (Lipinski definition) is 2. The van der Waals surface area contributed by atoms with E-state index < -0.39 is 11.7 Å². The summed E-state index contributed by atoms with van der Waals surface area (Å²) in [5, 5.41) is 11.9. The zero-order valence-electron chi connectivity index (χ0n) is 17.5. The van der Waals surface area contributed by atoms with Crippen LogP contribution in [0.1, 0.15) is 66.3 Å². The molecule has 4 nitrogen and oxygen atoms in total. The van der Waals surface area contributed by atoms with Gasteiger partial charge in [0.15, 0.2) is 5.69 Å². The number of pyridine rings is 1. The van der Waals surface area contributed by atoms with Crippen molar-refractivity contribution in [2.45, 2.75) is 61.1 Å². The van der Waals surface area contributed by atoms with Gasteiger partial charge in [-0.15, -0.1) is 0 Å². The summed E-state index contributed by atoms with van der Waals surface area (Å²) in [7, 11) is 1.61. The van der Waals surface area contributed by atoms with Gasteiger partial charge in [0.25, 0.3) is 0 Å². The van der Waals surface area contributed by atoms with E-state index in [-0.39, 0.29) is 17.0 Å². The van der Waals surface area contributed by atoms with Crippen LogP contribution >= 0.6 is 0 Å². The van der Waals surface area contributed by atoms with E-state index in [1.807, 2.05) is 33.8 Å². The normalized spacial score (nSPS) is 10.5. The second-order valence-electron chi connectivity index (χ2n) is 5.11. The van der Waals surface area contributed by atoms with Gasteiger partial charge in [0.1, 0.15) is 6.07 Å². The first-order valence-electron chi connectivity index (χ1n) is 8.99. The highest BCUT2D eigenvalue weighted by Crippen LogP contribution is 2.33. The van der Waals surface area contributed by atoms with Crippen molar-refractivity contribution < 1.29 is 13.2 Å². The van der Waals surface area contributed by atoms with Crippen LogP contribution in [0.2, 0.25) is 0 Å². The van der Waals surface area contributed by atoms with E-state index in [1.165, 1.54) is 13.8 Å². The molecule has 0 aliphatic heterocycles. The van der Waals surface area contributed by atoms with Gasteiger partial charge in [0.2, 0.25) is 0 Å². The number of alkyl halides is 3. The maximum absolute atomic E-state index is 13.1. The predicted octanol–water partition coefficient (Wildman–Crippen LogP) is 6.32. The summed E-state index contributed by atoms with van der Waals surface area (Å²) in [4.78, 5) is 4.08. The van der Waals surface area contributed by atoms with Crippen LogP contribution in [0.15, 0.2) is 23.3 Å². The molecule has 0 saturated heterocycles. The number of allylic oxidation sites excluding steroid dienone is 4. The van der Waals surface area contributed by atoms with Crippen LogP contribution in [-0.2, 0) is 0 Å². The Hall–Kier alpha value is -2.49. The Morgan fingerprint density at radius 2 is 1.78 bits per heavy atom. The SMILES string of the molecule is CC.CC.CC/C(=C\C(=C(C)C)C(F)(F)F)c1cc(NC)c(N)c(C#N)n1. The van der Waals surface area contributed by atoms with Crippen LogP contribution in [0.25, 0.3) is 5.57 Å². The molecule has 0 amide bonds. The molecule has 1 rings (SSSR count). The monoisotopic (exact) mass is 384 g/mol. The highest BCUT2D eigenvalue weighted by Gasteiger charge is 2.33. The molecule has 0 unspecified atom stereocenters. The quantitative estimate of drug-likeness (QED) is 0.596. The van der Waals surface area contributed by atoms with Gasteiger partial charge in [-0.05, 0) is 38.0 Å². The Morgan fingerprint density at radius 1 is 1.26 bits per heavy atom. The first-order chi connectivity index (χ1) is 12.6. The van der Waals surface area contributed by atoms with Crippen LogP contribution in [0.4, 0.5) is 24.5 Å². The number of nitrogens with two attached hydrogens (primary N) is 1. The lowest BCUT2D eigenvalue weighted by atomic mass is 10.0. The fourth-order valence-corrected chi connectivity index (χ4v) is 2.05. The average molecular weight is 384 g/mol. The average Bonchev–Trinajstić information content (AvgIpc) is 2.65. The minimum Gasteiger partial charge on any atom is -0.395 e. The molecular weight excluding hydrogens is 353 g/mol. The van der Waals surface area contributed by atoms with Gasteiger partial charge in [-0.25, -0.2) is 4.98 Å². The molecule has 7 heteroatoms. The Bertz CT molecular complexity index is 692. The van der Waals surface area contributed by atoms with Gasteiger partial charge in [-0.1, -0.05) is 40.2 Å². The summed E-state index contributed by atoms with van der Waals surface area (Å²) in [6, 6.07) is 3.40. The molecule has 27 heavy (non-hydrogen) atoms. The lowest BCUT2D eigenvalue weighted by Gasteiger charge is -2.14. The number of halogens is 3. The minimum atomic E-state index is -4.45. The second-order valence-corrected chi connectivity index (χ2v) is 5.11. The number of nitriles is 1. The Morgan fingerprint density at radius 3 is 2.11 bits per heavy atom. The standard InChI is InChI=1S/C16H19F3N4.2C2H6/c1-5-10(6-11(9(2)3)16(17,18)19)12-7-13(22-4)15(21)14(8-20)23-12;2*1-2/h6-7H,5,21H2,1-4H3,(H,22,23);2*1-2H3/b10-6+;;. The summed E-state index contributed by atoms with van der Waals surface area (Å²) < 4.78 is 39.4. The largest absolute Gasteiger partial charge is 0.416 e. The van der Waals surface area contributed by atoms with E-state index >= 15 is 0 Å². The topological polar surface area (TPSA) is 74.7 Å². The maximum atomic E-state index is 13.1. The van der Waals surface area contributed by atoms with Crippen molar-refractivity contribution in [2.75, 3.05) is 18.1 Å². The molecule has 1 aromatic rings. The number of hydrogen-bond acceptors (Lipinski definition) is 4. The van der Waals surface area contributed by atoms with Crippen molar-refractivity contribution in [3.05, 3.63) is 34.7 Å². The van der Waals surface area contributed by atoms with Crippen LogP contribution < -0.4 is 11.1 Å². The van der Waals surface area contributed by atoms with E-state index in [4.69, 9.17) is 11.0 Å². The molecule has 0 aliphatic rings. The van der Waals surface area contributed by atoms with Crippen molar-refractivity contribution in [3.8, 4) is 6.07 Å². The summed E-state index contributed by atoms with van der Waals surface area (Å²) in [6.07, 6.45) is -3.04. The highest BCUT2D eigenvalue weighted by atomic mass is 19.4. The van der Waals surface area contributed by atoms with Crippen LogP contribution in [-0.4, -0.2) is 18.2 Å². The minimum absolute atomic E-state index is 0.0167. The van der Waals surface area contributed by atoms with Crippen molar-refractivity contribution in [1.29, 1.82) is 5.26 Å². The molecule has 3 N–H and O–H groups in total. The molecule has 0 radical (unpaired) electrons. The number of rotatable bonds is 4. The van der Waals surface area contributed by atoms with Crippen molar-refractivity contribution in [3.63, 3.8) is 0 Å². The first-order valence-corrected chi connectivity index (χ1v) is 8.99. The van der Waals surface area contributed by atoms with Gasteiger partial charge >= 0.3 is 6.18 Å². The van der Waals surface area contributed by atoms with Crippen LogP contribution in [0, 0.1) is 11.3 Å². The molecule has 0 aromatic carbocycles. The predicted molar refractivity (Wildman–Crippen MR) is 108 cm³/mol. The third-order valence-electron chi connectivity index (χ3n) is 3.31. The fraction of sp³-hybridized carbons (Fsp3) is 0.500. The molecule has 0 bridgehead atoms. The lowest BCUT2D eigenvalue weighted by molar-refractivity contribution is -0.0889. The zero-order chi connectivity index (χ0) is 21.8. The molecule has 0 aliphatic carbocycles. The van der Waals surface area contributed by atoms with Crippen LogP contribution in [0.3, 0.4) is 0 Å². The zero-order valence-corrected chi connectivity index (χ0v) is 17.5. The third-order valence-corrected chi connectivity index (χ3v) is 3.31. The molecule has 1 heterocycles. The molecule has 0 atom stereocenters. The van der Waals surface area contributed by atoms with E-state index in [1.54, 1.807) is 20.0 Å². The smallest absolute Gasteiger partial charge is 0.395 e. The summed E-state index contributed by atoms with van der Waals surface area (Å²) in [6.45, 7) is 12.5. The second kappa shape index (κ2) is 12.8. The molecule has 0 fully saturated rings. The highest BCUT2D eigenvalue weighted by molar-refractivity contribution is 5.77. The van der Waals surface area contributed by atoms with Gasteiger partial charge in [-0.2, -0.15) is 18.4 Å². The van der Waals surface area contributed by atoms with E-state index in [0.29, 0.717) is 23.4 Å². The van der Waals surface area contributed by atoms with E-state index in [2.05, 4.69) is 10.3 Å². The number of nitrogen functional groups attached to an aromatic ring is 1. The lowest BCUT2D eigenvalue weighted by Crippen LogP contribution is -2.12. The van der Waals surface area contributed by atoms with Gasteiger partial charge < -0.3 is 11.1 Å². The van der Waals surface area contributed by atoms with E-state index in [9.17, 15) is 13.2 Å². The van der Waals surface area contributed by atoms with Crippen molar-refractivity contribution in [1.82, 2.24) is 4.98 Å². The Balaban J connectivity index is 0. The number of anilines is 2. The van der Waals surface area contributed by atoms with Gasteiger partial charge in [0.05, 0.1) is 22.6 Å². The van der Waals surface area contributed by atoms with Gasteiger partial charge in [-0.3, -0.25) is 0 Å². The molecule has 152 valence electrons. The molecule has 0 spiro atoms. The van der Waals surface area contributed by atoms with Gasteiger partial charge in [0, 0.05) is 7.05 Å². The maximum Gasteiger partial charge on any atom is 0.416 e. The molecule has 0 saturated carbocycles. The Kier molecular flexibility index (Phi) is 12.7. The number of aromatic nitrogens is 1. The van der Waals surface area contributed by atoms with Crippen LogP contribution in [0.5, 0.6) is 0 Å². The summed E-state index contributed by atoms with van der Waals surface area (Å²) in [5.41, 5.74) is 6.52. The molecule has 1 aromatic heterocycles. The fourth-order valence-electron chi connectivity index (χ4n) is 2.05. The summed E-state index contributed by atoms with van der Waals surface area (Å²) >= 11 is 0. The Labute approximate surface area is 161 Å². The van der Waals surface area contributed by atoms with Crippen molar-refractivity contribution >= 4 is 16.9 Å². The summed E-state index contributed by atoms with van der Waals surface area (Å²) in [5.74, 6) is 0. The first kappa shape index (κ1) is 26.7. The number of nitrogens with one attached hydrogen (secondary N) is 1. The van der Waals surface area contributed by atoms with E-state index in [0.717, 1.165) is 6.08 Å². The number of nitrogens with zero attached hydrogens (tertiary/aromatic N) is 2. The van der Waals surface area contributed by atoms with Crippen molar-refractivity contribution in [2.24, 2.45) is 0 Å². The molecular formula is C20H31F3N4. The third kappa shape index (κ3) is 7.73.